The summed E-state index contributed by atoms with van der Waals surface area (Å²) in [6.45, 7) is 11.9. The first-order valence-corrected chi connectivity index (χ1v) is 14.6. The molecule has 0 fully saturated rings. The molecule has 0 aliphatic rings. The van der Waals surface area contributed by atoms with Crippen LogP contribution in [0.2, 0.25) is 0 Å². The second-order valence-corrected chi connectivity index (χ2v) is 9.83. The van der Waals surface area contributed by atoms with Gasteiger partial charge >= 0.3 is 0 Å². The van der Waals surface area contributed by atoms with E-state index in [0.717, 1.165) is 75.0 Å². The Bertz CT molecular complexity index is 1030. The normalized spacial score (nSPS) is 12.5. The lowest BCUT2D eigenvalue weighted by Gasteiger charge is -2.30. The number of aliphatic imine (C=N–C) groups is 2. The zero-order valence-electron chi connectivity index (χ0n) is 26.0. The summed E-state index contributed by atoms with van der Waals surface area (Å²) in [5.74, 6) is 3.19. The van der Waals surface area contributed by atoms with Crippen molar-refractivity contribution in [3.8, 4) is 5.75 Å². The van der Waals surface area contributed by atoms with E-state index in [-0.39, 0.29) is 0 Å². The van der Waals surface area contributed by atoms with Gasteiger partial charge in [0.05, 0.1) is 19.0 Å². The van der Waals surface area contributed by atoms with Gasteiger partial charge in [0.1, 0.15) is 17.3 Å². The lowest BCUT2D eigenvalue weighted by Crippen LogP contribution is -2.42. The van der Waals surface area contributed by atoms with Crippen LogP contribution in [0.5, 0.6) is 5.75 Å². The minimum Gasteiger partial charge on any atom is -0.494 e. The predicted octanol–water partition coefficient (Wildman–Crippen LogP) is 5.34. The molecule has 228 valence electrons. The van der Waals surface area contributed by atoms with Gasteiger partial charge < -0.3 is 30.7 Å². The van der Waals surface area contributed by atoms with E-state index < -0.39 is 0 Å². The summed E-state index contributed by atoms with van der Waals surface area (Å²) in [6, 6.07) is 7.69. The topological polar surface area (TPSA) is 126 Å². The molecule has 1 rings (SSSR count). The van der Waals surface area contributed by atoms with Gasteiger partial charge in [-0.05, 0) is 88.3 Å². The van der Waals surface area contributed by atoms with Gasteiger partial charge in [0.2, 0.25) is 0 Å². The van der Waals surface area contributed by atoms with Crippen molar-refractivity contribution in [3.05, 3.63) is 66.0 Å². The van der Waals surface area contributed by atoms with E-state index in [1.165, 1.54) is 0 Å². The van der Waals surface area contributed by atoms with E-state index in [1.54, 1.807) is 14.1 Å². The molecule has 9 heteroatoms. The van der Waals surface area contributed by atoms with Crippen LogP contribution in [-0.4, -0.2) is 81.4 Å². The van der Waals surface area contributed by atoms with Gasteiger partial charge in [0, 0.05) is 52.8 Å². The number of rotatable bonds is 20. The molecule has 0 saturated carbocycles. The molecule has 0 aliphatic heterocycles. The number of amidine groups is 2. The van der Waals surface area contributed by atoms with E-state index in [4.69, 9.17) is 26.4 Å². The van der Waals surface area contributed by atoms with Crippen LogP contribution in [0.15, 0.2) is 70.4 Å². The van der Waals surface area contributed by atoms with Crippen molar-refractivity contribution in [1.82, 2.24) is 9.80 Å². The van der Waals surface area contributed by atoms with Gasteiger partial charge in [-0.2, -0.15) is 0 Å². The second-order valence-electron chi connectivity index (χ2n) is 9.83. The molecular formula is C32H53N7O2. The van der Waals surface area contributed by atoms with Gasteiger partial charge in [0.25, 0.3) is 0 Å². The Morgan fingerprint density at radius 2 is 1.61 bits per heavy atom. The molecule has 9 nitrogen and oxygen atoms in total. The fourth-order valence-electron chi connectivity index (χ4n) is 4.01. The number of benzene rings is 1. The third kappa shape index (κ3) is 15.0. The van der Waals surface area contributed by atoms with Crippen LogP contribution in [0.25, 0.3) is 0 Å². The summed E-state index contributed by atoms with van der Waals surface area (Å²) in [6.07, 6.45) is 12.5. The highest BCUT2D eigenvalue weighted by Gasteiger charge is 2.12. The Kier molecular flexibility index (Phi) is 18.1. The van der Waals surface area contributed by atoms with Crippen molar-refractivity contribution < 1.29 is 9.47 Å². The molecule has 0 atom stereocenters. The van der Waals surface area contributed by atoms with Crippen molar-refractivity contribution in [3.63, 3.8) is 0 Å². The highest BCUT2D eigenvalue weighted by molar-refractivity contribution is 5.97. The molecule has 0 saturated heterocycles. The number of nitrogens with zero attached hydrogens (tertiary/aromatic N) is 4. The van der Waals surface area contributed by atoms with Crippen LogP contribution in [0, 0.1) is 5.41 Å². The first-order valence-electron chi connectivity index (χ1n) is 14.6. The largest absolute Gasteiger partial charge is 0.494 e. The molecule has 0 spiro atoms. The molecule has 5 N–H and O–H groups in total. The third-order valence-electron chi connectivity index (χ3n) is 6.73. The summed E-state index contributed by atoms with van der Waals surface area (Å²) in [4.78, 5) is 12.2. The van der Waals surface area contributed by atoms with E-state index in [0.29, 0.717) is 43.0 Å². The first kappa shape index (κ1) is 35.3. The van der Waals surface area contributed by atoms with Crippen LogP contribution in [0.1, 0.15) is 64.4 Å². The van der Waals surface area contributed by atoms with Crippen LogP contribution in [-0.2, 0) is 4.74 Å². The monoisotopic (exact) mass is 567 g/mol. The fourth-order valence-corrected chi connectivity index (χ4v) is 4.01. The van der Waals surface area contributed by atoms with Crippen molar-refractivity contribution >= 4 is 17.6 Å². The van der Waals surface area contributed by atoms with Gasteiger partial charge in [-0.25, -0.2) is 0 Å². The molecule has 0 bridgehead atoms. The van der Waals surface area contributed by atoms with Gasteiger partial charge in [-0.1, -0.05) is 18.7 Å². The van der Waals surface area contributed by atoms with Crippen molar-refractivity contribution in [2.45, 2.75) is 58.8 Å². The third-order valence-corrected chi connectivity index (χ3v) is 6.73. The molecule has 0 heterocycles. The summed E-state index contributed by atoms with van der Waals surface area (Å²) < 4.78 is 11.6. The highest BCUT2D eigenvalue weighted by Crippen LogP contribution is 2.13. The molecule has 0 aromatic heterocycles. The van der Waals surface area contributed by atoms with E-state index in [9.17, 15) is 0 Å². The standard InChI is InChI=1S/C32H53N7O2/c1-7-27(25-30(33)36-4)16-15-26(3)40-23-13-10-12-22-39(8-2)32(35)38(6)21-11-9-14-24-41-29-19-17-28(18-20-29)31(34)37-5/h7,15-20,35H,3,8-14,21-25H2,1-2,4-6H3,(H2,33,36)(H2,34,37)/b16-15-,27-7+,35-32?. The zero-order chi connectivity index (χ0) is 30.5. The van der Waals surface area contributed by atoms with Crippen LogP contribution in [0.3, 0.4) is 0 Å². The van der Waals surface area contributed by atoms with Gasteiger partial charge in [-0.15, -0.1) is 0 Å². The first-order chi connectivity index (χ1) is 19.7. The molecule has 0 radical (unpaired) electrons. The maximum absolute atomic E-state index is 8.61. The smallest absolute Gasteiger partial charge is 0.193 e. The van der Waals surface area contributed by atoms with Gasteiger partial charge in [0.15, 0.2) is 5.96 Å². The SMILES string of the molecule is C=C(/C=C\C(=C/C)CC(N)=NC)OCCCCCN(CC)C(=N)N(C)CCCCCOc1ccc(C(N)=NC)cc1. The van der Waals surface area contributed by atoms with Crippen molar-refractivity contribution in [1.29, 1.82) is 5.41 Å². The molecular weight excluding hydrogens is 514 g/mol. The summed E-state index contributed by atoms with van der Waals surface area (Å²) in [7, 11) is 5.38. The average molecular weight is 568 g/mol. The van der Waals surface area contributed by atoms with Crippen LogP contribution >= 0.6 is 0 Å². The van der Waals surface area contributed by atoms with Crippen molar-refractivity contribution in [2.75, 3.05) is 54.0 Å². The van der Waals surface area contributed by atoms with E-state index in [1.807, 2.05) is 61.4 Å². The minimum atomic E-state index is 0.522. The summed E-state index contributed by atoms with van der Waals surface area (Å²) >= 11 is 0. The number of ether oxygens (including phenoxy) is 2. The number of unbranched alkanes of at least 4 members (excludes halogenated alkanes) is 4. The number of guanidine groups is 1. The Morgan fingerprint density at radius 1 is 0.951 bits per heavy atom. The lowest BCUT2D eigenvalue weighted by molar-refractivity contribution is 0.216. The maximum atomic E-state index is 8.61. The average Bonchev–Trinajstić information content (AvgIpc) is 2.99. The van der Waals surface area contributed by atoms with Crippen LogP contribution in [0.4, 0.5) is 0 Å². The molecule has 0 unspecified atom stereocenters. The Morgan fingerprint density at radius 3 is 2.22 bits per heavy atom. The van der Waals surface area contributed by atoms with Crippen LogP contribution < -0.4 is 16.2 Å². The summed E-state index contributed by atoms with van der Waals surface area (Å²) in [5.41, 5.74) is 13.6. The summed E-state index contributed by atoms with van der Waals surface area (Å²) in [5, 5.41) is 8.61. The molecule has 0 aliphatic carbocycles. The Balaban J connectivity index is 2.20. The number of hydrogen-bond donors (Lipinski definition) is 3. The lowest BCUT2D eigenvalue weighted by atomic mass is 10.1. The quantitative estimate of drug-likeness (QED) is 0.0642. The highest BCUT2D eigenvalue weighted by atomic mass is 16.5. The molecule has 0 amide bonds. The fraction of sp³-hybridized carbons (Fsp3) is 0.531. The second kappa shape index (κ2) is 21.1. The molecule has 41 heavy (non-hydrogen) atoms. The number of allylic oxidation sites excluding steroid dienone is 3. The zero-order valence-corrected chi connectivity index (χ0v) is 26.0. The van der Waals surface area contributed by atoms with E-state index >= 15 is 0 Å². The Hall–Kier alpha value is -3.75. The Labute approximate surface area is 248 Å². The number of hydrogen-bond acceptors (Lipinski definition) is 5. The van der Waals surface area contributed by atoms with Gasteiger partial charge in [-0.3, -0.25) is 15.4 Å². The minimum absolute atomic E-state index is 0.522. The molecule has 1 aromatic rings. The maximum Gasteiger partial charge on any atom is 0.193 e. The molecule has 1 aromatic carbocycles. The number of nitrogens with two attached hydrogens (primary N) is 2. The predicted molar refractivity (Wildman–Crippen MR) is 174 cm³/mol. The van der Waals surface area contributed by atoms with E-state index in [2.05, 4.69) is 28.4 Å². The van der Waals surface area contributed by atoms with Crippen molar-refractivity contribution in [2.24, 2.45) is 21.5 Å². The number of nitrogens with one attached hydrogen (secondary N) is 1.